The van der Waals surface area contributed by atoms with Crippen molar-refractivity contribution in [1.29, 1.82) is 0 Å². The SMILES string of the molecule is CC1Oc2c(c3c(c4oc(=O)cc(-c5ccccc5)c24)C=CC(C)(C)O3)C(O)C1C. The van der Waals surface area contributed by atoms with Crippen LogP contribution in [0.15, 0.2) is 51.7 Å². The summed E-state index contributed by atoms with van der Waals surface area (Å²) in [5.41, 5.74) is 2.28. The van der Waals surface area contributed by atoms with Crippen molar-refractivity contribution in [2.45, 2.75) is 45.5 Å². The van der Waals surface area contributed by atoms with Crippen molar-refractivity contribution < 1.29 is 19.0 Å². The molecule has 0 radical (unpaired) electrons. The van der Waals surface area contributed by atoms with Crippen LogP contribution in [0, 0.1) is 5.92 Å². The molecule has 0 saturated heterocycles. The number of aliphatic hydroxyl groups is 1. The lowest BCUT2D eigenvalue weighted by atomic mass is 9.84. The van der Waals surface area contributed by atoms with Crippen molar-refractivity contribution >= 4 is 17.0 Å². The first-order valence-corrected chi connectivity index (χ1v) is 10.2. The summed E-state index contributed by atoms with van der Waals surface area (Å²) in [6.45, 7) is 7.79. The van der Waals surface area contributed by atoms with Crippen LogP contribution >= 0.6 is 0 Å². The number of ether oxygens (including phenoxy) is 2. The van der Waals surface area contributed by atoms with E-state index in [0.717, 1.165) is 5.56 Å². The third kappa shape index (κ3) is 2.76. The van der Waals surface area contributed by atoms with Gasteiger partial charge in [-0.3, -0.25) is 0 Å². The monoisotopic (exact) mass is 404 g/mol. The fourth-order valence-corrected chi connectivity index (χ4v) is 4.29. The van der Waals surface area contributed by atoms with Gasteiger partial charge in [-0.05, 0) is 38.5 Å². The zero-order valence-corrected chi connectivity index (χ0v) is 17.4. The molecule has 5 nitrogen and oxygen atoms in total. The van der Waals surface area contributed by atoms with Crippen LogP contribution in [0.4, 0.5) is 0 Å². The van der Waals surface area contributed by atoms with Gasteiger partial charge in [-0.25, -0.2) is 4.79 Å². The first kappa shape index (κ1) is 18.9. The van der Waals surface area contributed by atoms with Gasteiger partial charge < -0.3 is 19.0 Å². The van der Waals surface area contributed by atoms with Gasteiger partial charge in [0.05, 0.1) is 22.6 Å². The topological polar surface area (TPSA) is 68.9 Å². The van der Waals surface area contributed by atoms with Crippen LogP contribution in [-0.2, 0) is 0 Å². The molecule has 3 atom stereocenters. The molecule has 0 fully saturated rings. The summed E-state index contributed by atoms with van der Waals surface area (Å²) in [5, 5.41) is 11.9. The maximum absolute atomic E-state index is 12.5. The third-order valence-corrected chi connectivity index (χ3v) is 6.11. The molecular weight excluding hydrogens is 380 g/mol. The normalized spacial score (nSPS) is 24.0. The molecule has 3 aromatic rings. The molecule has 0 bridgehead atoms. The Morgan fingerprint density at radius 3 is 2.53 bits per heavy atom. The number of hydrogen-bond donors (Lipinski definition) is 1. The lowest BCUT2D eigenvalue weighted by Crippen LogP contribution is -2.35. The Morgan fingerprint density at radius 2 is 1.80 bits per heavy atom. The molecule has 5 rings (SSSR count). The zero-order chi connectivity index (χ0) is 21.2. The third-order valence-electron chi connectivity index (χ3n) is 6.11. The first-order chi connectivity index (χ1) is 14.3. The predicted molar refractivity (Wildman–Crippen MR) is 116 cm³/mol. The quantitative estimate of drug-likeness (QED) is 0.572. The molecule has 3 unspecified atom stereocenters. The van der Waals surface area contributed by atoms with Gasteiger partial charge in [-0.1, -0.05) is 37.3 Å². The summed E-state index contributed by atoms with van der Waals surface area (Å²) in [4.78, 5) is 12.5. The molecule has 2 aliphatic heterocycles. The van der Waals surface area contributed by atoms with E-state index in [0.29, 0.717) is 39.2 Å². The van der Waals surface area contributed by atoms with Crippen molar-refractivity contribution in [3.05, 3.63) is 64.0 Å². The molecule has 5 heteroatoms. The fraction of sp³-hybridized carbons (Fsp3) is 0.320. The Kier molecular flexibility index (Phi) is 4.09. The highest BCUT2D eigenvalue weighted by Crippen LogP contribution is 2.53. The summed E-state index contributed by atoms with van der Waals surface area (Å²) >= 11 is 0. The van der Waals surface area contributed by atoms with E-state index in [2.05, 4.69) is 0 Å². The minimum atomic E-state index is -0.764. The van der Waals surface area contributed by atoms with Gasteiger partial charge in [-0.15, -0.1) is 0 Å². The average molecular weight is 404 g/mol. The second kappa shape index (κ2) is 6.47. The second-order valence-corrected chi connectivity index (χ2v) is 8.70. The molecule has 3 heterocycles. The van der Waals surface area contributed by atoms with Crippen molar-refractivity contribution in [3.8, 4) is 22.6 Å². The van der Waals surface area contributed by atoms with Gasteiger partial charge in [0.1, 0.15) is 23.2 Å². The largest absolute Gasteiger partial charge is 0.489 e. The Hall–Kier alpha value is -3.05. The van der Waals surface area contributed by atoms with Gasteiger partial charge in [0.25, 0.3) is 0 Å². The molecule has 154 valence electrons. The molecule has 0 spiro atoms. The minimum absolute atomic E-state index is 0.118. The Bertz CT molecular complexity index is 1240. The molecule has 2 aromatic carbocycles. The highest BCUT2D eigenvalue weighted by molar-refractivity contribution is 6.04. The average Bonchev–Trinajstić information content (AvgIpc) is 2.71. The first-order valence-electron chi connectivity index (χ1n) is 10.2. The van der Waals surface area contributed by atoms with Gasteiger partial charge in [0, 0.05) is 17.5 Å². The van der Waals surface area contributed by atoms with Gasteiger partial charge >= 0.3 is 5.63 Å². The highest BCUT2D eigenvalue weighted by Gasteiger charge is 2.40. The van der Waals surface area contributed by atoms with Crippen LogP contribution in [0.3, 0.4) is 0 Å². The molecule has 1 N–H and O–H groups in total. The minimum Gasteiger partial charge on any atom is -0.489 e. The summed E-state index contributed by atoms with van der Waals surface area (Å²) < 4.78 is 18.3. The van der Waals surface area contributed by atoms with Crippen LogP contribution in [0.5, 0.6) is 11.5 Å². The lowest BCUT2D eigenvalue weighted by Gasteiger charge is -2.38. The van der Waals surface area contributed by atoms with E-state index in [1.54, 1.807) is 0 Å². The Balaban J connectivity index is 1.97. The number of rotatable bonds is 1. The summed E-state index contributed by atoms with van der Waals surface area (Å²) in [7, 11) is 0. The van der Waals surface area contributed by atoms with Crippen LogP contribution in [0.2, 0.25) is 0 Å². The van der Waals surface area contributed by atoms with Gasteiger partial charge in [-0.2, -0.15) is 0 Å². The molecule has 30 heavy (non-hydrogen) atoms. The van der Waals surface area contributed by atoms with Gasteiger partial charge in [0.15, 0.2) is 5.58 Å². The van der Waals surface area contributed by atoms with E-state index in [9.17, 15) is 9.90 Å². The van der Waals surface area contributed by atoms with E-state index in [4.69, 9.17) is 13.9 Å². The standard InChI is InChI=1S/C25H24O5/c1-13-14(2)28-24-19-17(15-8-6-5-7-9-15)12-18(26)29-22(19)16-10-11-25(3,4)30-23(16)20(24)21(13)27/h5-14,21,27H,1-4H3. The van der Waals surface area contributed by atoms with E-state index in [1.165, 1.54) is 6.07 Å². The predicted octanol–water partition coefficient (Wildman–Crippen LogP) is 5.09. The lowest BCUT2D eigenvalue weighted by molar-refractivity contribution is 0.0140. The van der Waals surface area contributed by atoms with E-state index >= 15 is 0 Å². The number of benzene rings is 2. The second-order valence-electron chi connectivity index (χ2n) is 8.70. The maximum atomic E-state index is 12.5. The number of fused-ring (bicyclic) bond motifs is 6. The summed E-state index contributed by atoms with van der Waals surface area (Å²) in [6, 6.07) is 11.2. The van der Waals surface area contributed by atoms with Gasteiger partial charge in [0.2, 0.25) is 0 Å². The molecule has 1 aromatic heterocycles. The molecule has 0 aliphatic carbocycles. The molecule has 2 aliphatic rings. The zero-order valence-electron chi connectivity index (χ0n) is 17.4. The van der Waals surface area contributed by atoms with E-state index in [-0.39, 0.29) is 12.0 Å². The van der Waals surface area contributed by atoms with Crippen LogP contribution in [0.1, 0.15) is 44.9 Å². The van der Waals surface area contributed by atoms with Crippen LogP contribution in [0.25, 0.3) is 28.2 Å². The van der Waals surface area contributed by atoms with Crippen molar-refractivity contribution in [3.63, 3.8) is 0 Å². The number of hydrogen-bond acceptors (Lipinski definition) is 5. The Labute approximate surface area is 174 Å². The molecular formula is C25H24O5. The van der Waals surface area contributed by atoms with E-state index in [1.807, 2.05) is 70.2 Å². The number of aliphatic hydroxyl groups excluding tert-OH is 1. The summed E-state index contributed by atoms with van der Waals surface area (Å²) in [6.07, 6.45) is 2.86. The van der Waals surface area contributed by atoms with Crippen LogP contribution in [-0.4, -0.2) is 16.8 Å². The van der Waals surface area contributed by atoms with Crippen molar-refractivity contribution in [1.82, 2.24) is 0 Å². The fourth-order valence-electron chi connectivity index (χ4n) is 4.29. The molecule has 0 saturated carbocycles. The van der Waals surface area contributed by atoms with E-state index < -0.39 is 17.3 Å². The summed E-state index contributed by atoms with van der Waals surface area (Å²) in [5.74, 6) is 0.924. The van der Waals surface area contributed by atoms with Crippen LogP contribution < -0.4 is 15.1 Å². The smallest absolute Gasteiger partial charge is 0.336 e. The maximum Gasteiger partial charge on any atom is 0.336 e. The van der Waals surface area contributed by atoms with Crippen molar-refractivity contribution in [2.24, 2.45) is 5.92 Å². The Morgan fingerprint density at radius 1 is 1.07 bits per heavy atom. The van der Waals surface area contributed by atoms with Crippen molar-refractivity contribution in [2.75, 3.05) is 0 Å². The molecule has 0 amide bonds. The highest BCUT2D eigenvalue weighted by atomic mass is 16.5.